The minimum atomic E-state index is -1.51. The third kappa shape index (κ3) is 6.38. The molecule has 39 heavy (non-hydrogen) atoms. The summed E-state index contributed by atoms with van der Waals surface area (Å²) in [6.45, 7) is 4.29. The third-order valence-electron chi connectivity index (χ3n) is 6.77. The van der Waals surface area contributed by atoms with Crippen molar-refractivity contribution in [2.24, 2.45) is 0 Å². The summed E-state index contributed by atoms with van der Waals surface area (Å²) in [5.74, 6) is 4.12. The summed E-state index contributed by atoms with van der Waals surface area (Å²) in [6, 6.07) is 24.4. The van der Waals surface area contributed by atoms with Crippen LogP contribution in [-0.2, 0) is 18.7 Å². The second-order valence-electron chi connectivity index (χ2n) is 9.36. The van der Waals surface area contributed by atoms with E-state index in [0.29, 0.717) is 41.5 Å². The van der Waals surface area contributed by atoms with Gasteiger partial charge < -0.3 is 28.5 Å². The van der Waals surface area contributed by atoms with Crippen LogP contribution in [-0.4, -0.2) is 45.0 Å². The van der Waals surface area contributed by atoms with Crippen LogP contribution in [0.3, 0.4) is 0 Å². The Bertz CT molecular complexity index is 1260. The molecule has 0 amide bonds. The Labute approximate surface area is 230 Å². The molecule has 7 heteroatoms. The van der Waals surface area contributed by atoms with Gasteiger partial charge in [0.25, 0.3) is 0 Å². The number of ether oxygens (including phenoxy) is 4. The Kier molecular flexibility index (Phi) is 9.17. The van der Waals surface area contributed by atoms with Gasteiger partial charge in [0, 0.05) is 12.6 Å². The number of rotatable bonds is 13. The fourth-order valence-corrected chi connectivity index (χ4v) is 4.74. The molecule has 0 bridgehead atoms. The predicted octanol–water partition coefficient (Wildman–Crippen LogP) is 6.01. The van der Waals surface area contributed by atoms with Crippen LogP contribution in [0.25, 0.3) is 0 Å². The van der Waals surface area contributed by atoms with Crippen LogP contribution in [0.15, 0.2) is 83.3 Å². The number of nitrogens with zero attached hydrogens (tertiary/aromatic N) is 1. The normalized spacial score (nSPS) is 11.5. The van der Waals surface area contributed by atoms with E-state index >= 15 is 0 Å². The number of hydrogen-bond acceptors (Lipinski definition) is 7. The topological polar surface area (TPSA) is 73.5 Å². The molecule has 0 aliphatic carbocycles. The minimum absolute atomic E-state index is 0.437. The standard InChI is InChI=1S/C32H37NO6/c1-6-17-33(21-23-18-29(37-4)20-30(19-23)38-5)22-28-15-16-31(39-28)32(34,24-7-11-26(35-2)12-8-24)25-9-13-27(36-3)14-10-25/h7-16,18-20,34H,6,17,21-22H2,1-5H3. The van der Waals surface area contributed by atoms with Crippen molar-refractivity contribution in [1.82, 2.24) is 4.90 Å². The van der Waals surface area contributed by atoms with Crippen molar-refractivity contribution in [1.29, 1.82) is 0 Å². The Morgan fingerprint density at radius 1 is 0.667 bits per heavy atom. The molecule has 206 valence electrons. The molecule has 0 aliphatic heterocycles. The second kappa shape index (κ2) is 12.7. The van der Waals surface area contributed by atoms with Gasteiger partial charge in [-0.05, 0) is 78.2 Å². The molecule has 4 rings (SSSR count). The maximum atomic E-state index is 12.2. The molecular weight excluding hydrogens is 494 g/mol. The SMILES string of the molecule is CCCN(Cc1cc(OC)cc(OC)c1)Cc1ccc(C(O)(c2ccc(OC)cc2)c2ccc(OC)cc2)o1. The Morgan fingerprint density at radius 2 is 1.18 bits per heavy atom. The summed E-state index contributed by atoms with van der Waals surface area (Å²) in [6.07, 6.45) is 0.982. The lowest BCUT2D eigenvalue weighted by Crippen LogP contribution is -2.28. The van der Waals surface area contributed by atoms with Gasteiger partial charge in [0.15, 0.2) is 5.60 Å². The lowest BCUT2D eigenvalue weighted by atomic mass is 9.84. The first-order valence-electron chi connectivity index (χ1n) is 13.0. The molecule has 0 radical (unpaired) electrons. The quantitative estimate of drug-likeness (QED) is 0.226. The zero-order chi connectivity index (χ0) is 27.8. The summed E-state index contributed by atoms with van der Waals surface area (Å²) in [5.41, 5.74) is 0.915. The van der Waals surface area contributed by atoms with E-state index in [1.165, 1.54) is 0 Å². The van der Waals surface area contributed by atoms with Gasteiger partial charge in [-0.1, -0.05) is 31.2 Å². The van der Waals surface area contributed by atoms with Gasteiger partial charge >= 0.3 is 0 Å². The van der Waals surface area contributed by atoms with Gasteiger partial charge in [-0.3, -0.25) is 4.90 Å². The first-order chi connectivity index (χ1) is 18.9. The minimum Gasteiger partial charge on any atom is -0.497 e. The summed E-state index contributed by atoms with van der Waals surface area (Å²) in [4.78, 5) is 2.30. The highest BCUT2D eigenvalue weighted by Gasteiger charge is 2.37. The molecule has 0 aliphatic rings. The van der Waals surface area contributed by atoms with E-state index < -0.39 is 5.60 Å². The molecule has 0 saturated carbocycles. The molecule has 1 aromatic heterocycles. The lowest BCUT2D eigenvalue weighted by molar-refractivity contribution is 0.0951. The fourth-order valence-electron chi connectivity index (χ4n) is 4.74. The fraction of sp³-hybridized carbons (Fsp3) is 0.312. The molecule has 7 nitrogen and oxygen atoms in total. The van der Waals surface area contributed by atoms with Gasteiger partial charge in [-0.15, -0.1) is 0 Å². The van der Waals surface area contributed by atoms with Gasteiger partial charge in [0.05, 0.1) is 35.0 Å². The van der Waals surface area contributed by atoms with Crippen molar-refractivity contribution in [3.8, 4) is 23.0 Å². The lowest BCUT2D eigenvalue weighted by Gasteiger charge is -2.28. The van der Waals surface area contributed by atoms with Crippen LogP contribution >= 0.6 is 0 Å². The molecule has 0 atom stereocenters. The van der Waals surface area contributed by atoms with Crippen molar-refractivity contribution >= 4 is 0 Å². The highest BCUT2D eigenvalue weighted by atomic mass is 16.5. The Balaban J connectivity index is 1.65. The molecule has 1 N–H and O–H groups in total. The van der Waals surface area contributed by atoms with Crippen LogP contribution < -0.4 is 18.9 Å². The largest absolute Gasteiger partial charge is 0.497 e. The van der Waals surface area contributed by atoms with Gasteiger partial charge in [-0.25, -0.2) is 0 Å². The molecule has 0 spiro atoms. The van der Waals surface area contributed by atoms with Crippen molar-refractivity contribution in [3.05, 3.63) is 107 Å². The van der Waals surface area contributed by atoms with E-state index in [2.05, 4.69) is 11.8 Å². The molecule has 1 heterocycles. The molecule has 0 unspecified atom stereocenters. The van der Waals surface area contributed by atoms with E-state index in [9.17, 15) is 5.11 Å². The van der Waals surface area contributed by atoms with E-state index in [1.54, 1.807) is 28.4 Å². The summed E-state index contributed by atoms with van der Waals surface area (Å²) >= 11 is 0. The maximum Gasteiger partial charge on any atom is 0.173 e. The summed E-state index contributed by atoms with van der Waals surface area (Å²) in [7, 11) is 6.54. The third-order valence-corrected chi connectivity index (χ3v) is 6.77. The first kappa shape index (κ1) is 28.1. The zero-order valence-electron chi connectivity index (χ0n) is 23.3. The van der Waals surface area contributed by atoms with E-state index in [-0.39, 0.29) is 0 Å². The Hall–Kier alpha value is -3.94. The second-order valence-corrected chi connectivity index (χ2v) is 9.36. The first-order valence-corrected chi connectivity index (χ1v) is 13.0. The van der Waals surface area contributed by atoms with Crippen molar-refractivity contribution in [2.75, 3.05) is 35.0 Å². The van der Waals surface area contributed by atoms with Gasteiger partial charge in [-0.2, -0.15) is 0 Å². The van der Waals surface area contributed by atoms with E-state index in [1.807, 2.05) is 78.9 Å². The van der Waals surface area contributed by atoms with Gasteiger partial charge in [0.2, 0.25) is 0 Å². The van der Waals surface area contributed by atoms with Crippen molar-refractivity contribution in [3.63, 3.8) is 0 Å². The van der Waals surface area contributed by atoms with Crippen LogP contribution in [0.1, 0.15) is 41.6 Å². The molecule has 3 aromatic carbocycles. The average Bonchev–Trinajstić information content (AvgIpc) is 3.45. The maximum absolute atomic E-state index is 12.2. The zero-order valence-corrected chi connectivity index (χ0v) is 23.3. The van der Waals surface area contributed by atoms with Crippen molar-refractivity contribution < 1.29 is 28.5 Å². The number of furan rings is 1. The highest BCUT2D eigenvalue weighted by Crippen LogP contribution is 2.39. The summed E-state index contributed by atoms with van der Waals surface area (Å²) in [5, 5.41) is 12.2. The van der Waals surface area contributed by atoms with Crippen LogP contribution in [0, 0.1) is 0 Å². The van der Waals surface area contributed by atoms with Crippen LogP contribution in [0.5, 0.6) is 23.0 Å². The number of benzene rings is 3. The van der Waals surface area contributed by atoms with E-state index in [4.69, 9.17) is 23.4 Å². The monoisotopic (exact) mass is 531 g/mol. The number of methoxy groups -OCH3 is 4. The van der Waals surface area contributed by atoms with Crippen molar-refractivity contribution in [2.45, 2.75) is 32.0 Å². The Morgan fingerprint density at radius 3 is 1.64 bits per heavy atom. The summed E-state index contributed by atoms with van der Waals surface area (Å²) < 4.78 is 27.9. The van der Waals surface area contributed by atoms with Gasteiger partial charge in [0.1, 0.15) is 34.5 Å². The van der Waals surface area contributed by atoms with Crippen LogP contribution in [0.2, 0.25) is 0 Å². The number of hydrogen-bond donors (Lipinski definition) is 1. The smallest absolute Gasteiger partial charge is 0.173 e. The molecule has 4 aromatic rings. The molecule has 0 saturated heterocycles. The van der Waals surface area contributed by atoms with Crippen LogP contribution in [0.4, 0.5) is 0 Å². The average molecular weight is 532 g/mol. The number of aliphatic hydroxyl groups is 1. The molecule has 0 fully saturated rings. The predicted molar refractivity (Wildman–Crippen MR) is 151 cm³/mol. The molecular formula is C32H37NO6. The van der Waals surface area contributed by atoms with E-state index in [0.717, 1.165) is 35.8 Å². The highest BCUT2D eigenvalue weighted by molar-refractivity contribution is 5.47.